The molecular weight excluding hydrogens is 296 g/mol. The molecule has 1 aliphatic heterocycles. The molecule has 0 spiro atoms. The zero-order valence-corrected chi connectivity index (χ0v) is 13.7. The minimum atomic E-state index is -0.306. The molecule has 1 N–H and O–H groups in total. The lowest BCUT2D eigenvalue weighted by Crippen LogP contribution is -2.31. The van der Waals surface area contributed by atoms with Crippen LogP contribution in [-0.2, 0) is 9.59 Å². The minimum absolute atomic E-state index is 0.161. The zero-order chi connectivity index (χ0) is 16.8. The maximum atomic E-state index is 12.0. The zero-order valence-electron chi connectivity index (χ0n) is 13.7. The van der Waals surface area contributed by atoms with Crippen molar-refractivity contribution in [2.24, 2.45) is 0 Å². The third kappa shape index (κ3) is 4.48. The van der Waals surface area contributed by atoms with E-state index >= 15 is 0 Å². The molecule has 1 unspecified atom stereocenters. The van der Waals surface area contributed by atoms with Crippen LogP contribution in [0.15, 0.2) is 30.4 Å². The van der Waals surface area contributed by atoms with Crippen molar-refractivity contribution in [2.75, 3.05) is 27.3 Å². The number of hydrogen-bond acceptors (Lipinski definition) is 4. The number of nitrogens with zero attached hydrogens (tertiary/aromatic N) is 1. The number of rotatable bonds is 5. The molecule has 1 heterocycles. The number of benzene rings is 1. The highest BCUT2D eigenvalue weighted by atomic mass is 16.5. The molecular formula is C17H22N2O4. The Morgan fingerprint density at radius 2 is 2.17 bits per heavy atom. The van der Waals surface area contributed by atoms with E-state index in [0.717, 1.165) is 17.1 Å². The fourth-order valence-electron chi connectivity index (χ4n) is 2.29. The predicted molar refractivity (Wildman–Crippen MR) is 86.4 cm³/mol. The first-order valence-electron chi connectivity index (χ1n) is 7.60. The van der Waals surface area contributed by atoms with E-state index in [-0.39, 0.29) is 17.9 Å². The van der Waals surface area contributed by atoms with Crippen LogP contribution < -0.4 is 14.8 Å². The van der Waals surface area contributed by atoms with E-state index in [1.807, 2.05) is 25.1 Å². The Labute approximate surface area is 136 Å². The third-order valence-electron chi connectivity index (χ3n) is 3.47. The molecule has 2 amide bonds. The molecule has 0 radical (unpaired) electrons. The average molecular weight is 318 g/mol. The number of amides is 2. The summed E-state index contributed by atoms with van der Waals surface area (Å²) in [5.41, 5.74) is 0.892. The second kappa shape index (κ2) is 7.67. The lowest BCUT2D eigenvalue weighted by atomic mass is 10.00. The van der Waals surface area contributed by atoms with Gasteiger partial charge in [-0.25, -0.2) is 0 Å². The standard InChI is InChI=1S/C17H22N2O4/c1-4-22-12-5-6-15-13(11-12)14(9-10-23-15)18-16(20)7-8-17(21)19(2)3/h5-8,11,14H,4,9-10H2,1-3H3,(H,18,20). The first-order chi connectivity index (χ1) is 11.0. The summed E-state index contributed by atoms with van der Waals surface area (Å²) in [6.07, 6.45) is 3.18. The van der Waals surface area contributed by atoms with E-state index in [1.165, 1.54) is 17.1 Å². The molecule has 1 aliphatic rings. The van der Waals surface area contributed by atoms with Gasteiger partial charge in [-0.15, -0.1) is 0 Å². The van der Waals surface area contributed by atoms with E-state index in [9.17, 15) is 9.59 Å². The van der Waals surface area contributed by atoms with Crippen LogP contribution in [0.5, 0.6) is 11.5 Å². The summed E-state index contributed by atoms with van der Waals surface area (Å²) < 4.78 is 11.1. The van der Waals surface area contributed by atoms with E-state index in [2.05, 4.69) is 5.32 Å². The number of nitrogens with one attached hydrogen (secondary N) is 1. The van der Waals surface area contributed by atoms with Gasteiger partial charge in [0.15, 0.2) is 0 Å². The van der Waals surface area contributed by atoms with Gasteiger partial charge in [0, 0.05) is 38.2 Å². The number of fused-ring (bicyclic) bond motifs is 1. The minimum Gasteiger partial charge on any atom is -0.494 e. The van der Waals surface area contributed by atoms with Gasteiger partial charge in [0.2, 0.25) is 11.8 Å². The topological polar surface area (TPSA) is 67.9 Å². The van der Waals surface area contributed by atoms with Gasteiger partial charge < -0.3 is 19.7 Å². The second-order valence-corrected chi connectivity index (χ2v) is 5.40. The molecule has 1 aromatic rings. The van der Waals surface area contributed by atoms with Gasteiger partial charge in [0.05, 0.1) is 19.3 Å². The smallest absolute Gasteiger partial charge is 0.246 e. The van der Waals surface area contributed by atoms with E-state index in [1.54, 1.807) is 14.1 Å². The number of carbonyl (C=O) groups is 2. The number of ether oxygens (including phenoxy) is 2. The quantitative estimate of drug-likeness (QED) is 0.839. The Kier molecular flexibility index (Phi) is 5.62. The van der Waals surface area contributed by atoms with Crippen LogP contribution in [0.25, 0.3) is 0 Å². The van der Waals surface area contributed by atoms with Gasteiger partial charge in [-0.1, -0.05) is 0 Å². The van der Waals surface area contributed by atoms with Crippen LogP contribution in [0.2, 0.25) is 0 Å². The van der Waals surface area contributed by atoms with Crippen molar-refractivity contribution in [1.29, 1.82) is 0 Å². The Hall–Kier alpha value is -2.50. The summed E-state index contributed by atoms with van der Waals surface area (Å²) in [5.74, 6) is 0.957. The third-order valence-corrected chi connectivity index (χ3v) is 3.47. The fraction of sp³-hybridized carbons (Fsp3) is 0.412. The fourth-order valence-corrected chi connectivity index (χ4v) is 2.29. The van der Waals surface area contributed by atoms with E-state index in [0.29, 0.717) is 19.6 Å². The monoisotopic (exact) mass is 318 g/mol. The molecule has 0 saturated heterocycles. The Morgan fingerprint density at radius 3 is 2.87 bits per heavy atom. The van der Waals surface area contributed by atoms with Crippen LogP contribution in [0.1, 0.15) is 24.9 Å². The molecule has 23 heavy (non-hydrogen) atoms. The predicted octanol–water partition coefficient (Wildman–Crippen LogP) is 1.67. The molecule has 124 valence electrons. The lowest BCUT2D eigenvalue weighted by Gasteiger charge is -2.26. The highest BCUT2D eigenvalue weighted by Crippen LogP contribution is 2.34. The normalized spacial score (nSPS) is 16.4. The highest BCUT2D eigenvalue weighted by Gasteiger charge is 2.23. The van der Waals surface area contributed by atoms with Crippen LogP contribution in [0, 0.1) is 0 Å². The summed E-state index contributed by atoms with van der Waals surface area (Å²) in [7, 11) is 3.27. The lowest BCUT2D eigenvalue weighted by molar-refractivity contribution is -0.124. The van der Waals surface area contributed by atoms with Gasteiger partial charge >= 0.3 is 0 Å². The van der Waals surface area contributed by atoms with Crippen LogP contribution >= 0.6 is 0 Å². The second-order valence-electron chi connectivity index (χ2n) is 5.40. The average Bonchev–Trinajstić information content (AvgIpc) is 2.53. The van der Waals surface area contributed by atoms with Gasteiger partial charge in [0.25, 0.3) is 0 Å². The summed E-state index contributed by atoms with van der Waals surface area (Å²) in [6.45, 7) is 3.03. The van der Waals surface area contributed by atoms with Gasteiger partial charge in [-0.3, -0.25) is 9.59 Å². The summed E-state index contributed by atoms with van der Waals surface area (Å²) in [5, 5.41) is 2.91. The molecule has 0 fully saturated rings. The largest absolute Gasteiger partial charge is 0.494 e. The van der Waals surface area contributed by atoms with Crippen LogP contribution in [0.3, 0.4) is 0 Å². The Balaban J connectivity index is 2.09. The molecule has 2 rings (SSSR count). The van der Waals surface area contributed by atoms with Crippen molar-refractivity contribution in [1.82, 2.24) is 10.2 Å². The Bertz CT molecular complexity index is 611. The van der Waals surface area contributed by atoms with Gasteiger partial charge in [-0.05, 0) is 25.1 Å². The molecule has 6 nitrogen and oxygen atoms in total. The van der Waals surface area contributed by atoms with Crippen molar-refractivity contribution in [3.05, 3.63) is 35.9 Å². The van der Waals surface area contributed by atoms with Gasteiger partial charge in [0.1, 0.15) is 11.5 Å². The maximum Gasteiger partial charge on any atom is 0.246 e. The molecule has 0 bridgehead atoms. The summed E-state index contributed by atoms with van der Waals surface area (Å²) in [6, 6.07) is 5.43. The van der Waals surface area contributed by atoms with Crippen molar-refractivity contribution >= 4 is 11.8 Å². The van der Waals surface area contributed by atoms with Crippen LogP contribution in [-0.4, -0.2) is 44.0 Å². The first-order valence-corrected chi connectivity index (χ1v) is 7.60. The SMILES string of the molecule is CCOc1ccc2c(c1)C(NC(=O)C=CC(=O)N(C)C)CCO2. The number of likely N-dealkylation sites (N-methyl/N-ethyl adjacent to an activating group) is 1. The van der Waals surface area contributed by atoms with E-state index < -0.39 is 0 Å². The molecule has 6 heteroatoms. The molecule has 1 aromatic carbocycles. The molecule has 0 aromatic heterocycles. The van der Waals surface area contributed by atoms with Crippen LogP contribution in [0.4, 0.5) is 0 Å². The van der Waals surface area contributed by atoms with Crippen molar-refractivity contribution in [3.63, 3.8) is 0 Å². The maximum absolute atomic E-state index is 12.0. The molecule has 1 atom stereocenters. The summed E-state index contributed by atoms with van der Waals surface area (Å²) >= 11 is 0. The Morgan fingerprint density at radius 1 is 1.39 bits per heavy atom. The van der Waals surface area contributed by atoms with E-state index in [4.69, 9.17) is 9.47 Å². The first kappa shape index (κ1) is 16.9. The summed E-state index contributed by atoms with van der Waals surface area (Å²) in [4.78, 5) is 24.9. The van der Waals surface area contributed by atoms with Crippen molar-refractivity contribution in [2.45, 2.75) is 19.4 Å². The van der Waals surface area contributed by atoms with Crippen molar-refractivity contribution < 1.29 is 19.1 Å². The van der Waals surface area contributed by atoms with Crippen molar-refractivity contribution in [3.8, 4) is 11.5 Å². The molecule has 0 saturated carbocycles. The highest BCUT2D eigenvalue weighted by molar-refractivity contribution is 5.96. The van der Waals surface area contributed by atoms with Gasteiger partial charge in [-0.2, -0.15) is 0 Å². The molecule has 0 aliphatic carbocycles. The number of hydrogen-bond donors (Lipinski definition) is 1. The number of carbonyl (C=O) groups excluding carboxylic acids is 2.